The van der Waals surface area contributed by atoms with Gasteiger partial charge in [0.25, 0.3) is 0 Å². The van der Waals surface area contributed by atoms with Gasteiger partial charge in [0, 0.05) is 24.5 Å². The van der Waals surface area contributed by atoms with Crippen LogP contribution in [0.5, 0.6) is 0 Å². The summed E-state index contributed by atoms with van der Waals surface area (Å²) in [7, 11) is 0. The van der Waals surface area contributed by atoms with Gasteiger partial charge < -0.3 is 10.2 Å². The van der Waals surface area contributed by atoms with Crippen molar-refractivity contribution in [3.8, 4) is 0 Å². The van der Waals surface area contributed by atoms with Gasteiger partial charge in [-0.3, -0.25) is 0 Å². The Morgan fingerprint density at radius 1 is 1.27 bits per heavy atom. The van der Waals surface area contributed by atoms with Crippen LogP contribution in [0.25, 0.3) is 0 Å². The molecule has 22 heavy (non-hydrogen) atoms. The Bertz CT molecular complexity index is 503. The number of aromatic nitrogens is 1. The molecule has 2 fully saturated rings. The lowest BCUT2D eigenvalue weighted by Gasteiger charge is -2.22. The number of likely N-dealkylation sites (tertiary alicyclic amines) is 1. The molecule has 1 saturated carbocycles. The van der Waals surface area contributed by atoms with Crippen molar-refractivity contribution in [2.45, 2.75) is 53.0 Å². The largest absolute Gasteiger partial charge is 0.357 e. The molecule has 0 radical (unpaired) electrons. The SMILES string of the molecule is CCNC(=NCc1nc(C)c(C)s1)N1C[C@H]2CCCC[C@H]2C1. The summed E-state index contributed by atoms with van der Waals surface area (Å²) in [5.41, 5.74) is 1.15. The van der Waals surface area contributed by atoms with Crippen molar-refractivity contribution < 1.29 is 0 Å². The van der Waals surface area contributed by atoms with Gasteiger partial charge in [-0.15, -0.1) is 11.3 Å². The zero-order chi connectivity index (χ0) is 15.5. The Balaban J connectivity index is 1.68. The second-order valence-corrected chi connectivity index (χ2v) is 7.92. The summed E-state index contributed by atoms with van der Waals surface area (Å²) in [6, 6.07) is 0. The van der Waals surface area contributed by atoms with Crippen LogP contribution in [0.2, 0.25) is 0 Å². The molecule has 4 nitrogen and oxygen atoms in total. The van der Waals surface area contributed by atoms with Crippen LogP contribution in [0.15, 0.2) is 4.99 Å². The minimum atomic E-state index is 0.702. The number of guanidine groups is 1. The standard InChI is InChI=1S/C17H28N4S/c1-4-18-17(19-9-16-20-12(2)13(3)22-16)21-10-14-7-5-6-8-15(14)11-21/h14-15H,4-11H2,1-3H3,(H,18,19)/t14-,15+. The van der Waals surface area contributed by atoms with E-state index < -0.39 is 0 Å². The lowest BCUT2D eigenvalue weighted by Crippen LogP contribution is -2.40. The molecule has 1 aromatic rings. The molecule has 1 aliphatic carbocycles. The van der Waals surface area contributed by atoms with Crippen molar-refractivity contribution in [2.24, 2.45) is 16.8 Å². The Kier molecular flexibility index (Phi) is 5.01. The molecule has 5 heteroatoms. The first-order valence-electron chi connectivity index (χ1n) is 8.63. The van der Waals surface area contributed by atoms with Crippen LogP contribution < -0.4 is 5.32 Å². The first-order valence-corrected chi connectivity index (χ1v) is 9.45. The third-order valence-electron chi connectivity index (χ3n) is 5.05. The van der Waals surface area contributed by atoms with Crippen LogP contribution in [0.4, 0.5) is 0 Å². The predicted octanol–water partition coefficient (Wildman–Crippen LogP) is 3.35. The van der Waals surface area contributed by atoms with E-state index in [0.29, 0.717) is 6.54 Å². The highest BCUT2D eigenvalue weighted by Gasteiger charge is 2.35. The molecule has 2 aliphatic rings. The zero-order valence-electron chi connectivity index (χ0n) is 14.1. The fourth-order valence-corrected chi connectivity index (χ4v) is 4.61. The fraction of sp³-hybridized carbons (Fsp3) is 0.765. The molecule has 0 amide bonds. The van der Waals surface area contributed by atoms with E-state index in [2.05, 4.69) is 36.0 Å². The first-order chi connectivity index (χ1) is 10.7. The molecule has 0 spiro atoms. The number of nitrogens with zero attached hydrogens (tertiary/aromatic N) is 3. The van der Waals surface area contributed by atoms with Crippen LogP contribution in [0.1, 0.15) is 48.2 Å². The van der Waals surface area contributed by atoms with Gasteiger partial charge in [0.1, 0.15) is 5.01 Å². The fourth-order valence-electron chi connectivity index (χ4n) is 3.75. The first kappa shape index (κ1) is 15.8. The second kappa shape index (κ2) is 6.99. The summed E-state index contributed by atoms with van der Waals surface area (Å²) < 4.78 is 0. The quantitative estimate of drug-likeness (QED) is 0.686. The van der Waals surface area contributed by atoms with E-state index in [1.165, 1.54) is 43.6 Å². The van der Waals surface area contributed by atoms with Crippen LogP contribution in [0, 0.1) is 25.7 Å². The van der Waals surface area contributed by atoms with E-state index in [1.807, 2.05) is 0 Å². The maximum Gasteiger partial charge on any atom is 0.194 e. The van der Waals surface area contributed by atoms with Gasteiger partial charge in [0.15, 0.2) is 5.96 Å². The Morgan fingerprint density at radius 2 is 1.95 bits per heavy atom. The monoisotopic (exact) mass is 320 g/mol. The van der Waals surface area contributed by atoms with Crippen LogP contribution in [-0.2, 0) is 6.54 Å². The van der Waals surface area contributed by atoms with E-state index in [-0.39, 0.29) is 0 Å². The normalized spacial score (nSPS) is 25.4. The highest BCUT2D eigenvalue weighted by Crippen LogP contribution is 2.36. The van der Waals surface area contributed by atoms with Crippen molar-refractivity contribution in [1.29, 1.82) is 0 Å². The van der Waals surface area contributed by atoms with E-state index in [1.54, 1.807) is 11.3 Å². The van der Waals surface area contributed by atoms with Crippen molar-refractivity contribution in [1.82, 2.24) is 15.2 Å². The summed E-state index contributed by atoms with van der Waals surface area (Å²) in [6.45, 7) is 10.4. The third-order valence-corrected chi connectivity index (χ3v) is 6.11. The summed E-state index contributed by atoms with van der Waals surface area (Å²) in [5, 5.41) is 4.61. The van der Waals surface area contributed by atoms with Gasteiger partial charge in [-0.25, -0.2) is 9.98 Å². The van der Waals surface area contributed by atoms with Gasteiger partial charge in [-0.2, -0.15) is 0 Å². The summed E-state index contributed by atoms with van der Waals surface area (Å²) in [5.74, 6) is 2.87. The molecule has 0 unspecified atom stereocenters. The van der Waals surface area contributed by atoms with Gasteiger partial charge in [0.2, 0.25) is 0 Å². The van der Waals surface area contributed by atoms with E-state index in [9.17, 15) is 0 Å². The number of hydrogen-bond acceptors (Lipinski definition) is 3. The molecule has 1 saturated heterocycles. The van der Waals surface area contributed by atoms with E-state index >= 15 is 0 Å². The Labute approximate surface area is 138 Å². The molecule has 0 bridgehead atoms. The smallest absolute Gasteiger partial charge is 0.194 e. The van der Waals surface area contributed by atoms with Gasteiger partial charge in [-0.1, -0.05) is 12.8 Å². The zero-order valence-corrected chi connectivity index (χ0v) is 14.9. The highest BCUT2D eigenvalue weighted by molar-refractivity contribution is 7.11. The Hall–Kier alpha value is -1.10. The molecule has 122 valence electrons. The third kappa shape index (κ3) is 3.45. The van der Waals surface area contributed by atoms with Crippen molar-refractivity contribution >= 4 is 17.3 Å². The van der Waals surface area contributed by atoms with E-state index in [4.69, 9.17) is 4.99 Å². The lowest BCUT2D eigenvalue weighted by atomic mass is 9.82. The molecule has 3 rings (SSSR count). The second-order valence-electron chi connectivity index (χ2n) is 6.63. The number of aliphatic imine (C=N–C) groups is 1. The van der Waals surface area contributed by atoms with Crippen molar-refractivity contribution in [3.63, 3.8) is 0 Å². The lowest BCUT2D eigenvalue weighted by molar-refractivity contribution is 0.299. The average molecular weight is 321 g/mol. The maximum atomic E-state index is 4.86. The topological polar surface area (TPSA) is 40.5 Å². The Morgan fingerprint density at radius 3 is 2.50 bits per heavy atom. The number of thiazole rings is 1. The molecule has 2 heterocycles. The molecular formula is C17H28N4S. The molecular weight excluding hydrogens is 292 g/mol. The molecule has 1 aromatic heterocycles. The van der Waals surface area contributed by atoms with Crippen LogP contribution >= 0.6 is 11.3 Å². The van der Waals surface area contributed by atoms with Crippen molar-refractivity contribution in [2.75, 3.05) is 19.6 Å². The van der Waals surface area contributed by atoms with Gasteiger partial charge in [-0.05, 0) is 45.4 Å². The number of hydrogen-bond donors (Lipinski definition) is 1. The van der Waals surface area contributed by atoms with E-state index in [0.717, 1.165) is 35.0 Å². The summed E-state index contributed by atoms with van der Waals surface area (Å²) in [6.07, 6.45) is 5.65. The van der Waals surface area contributed by atoms with Crippen LogP contribution in [0.3, 0.4) is 0 Å². The summed E-state index contributed by atoms with van der Waals surface area (Å²) >= 11 is 1.77. The minimum absolute atomic E-state index is 0.702. The molecule has 2 atom stereocenters. The number of rotatable bonds is 3. The number of aryl methyl sites for hydroxylation is 2. The summed E-state index contributed by atoms with van der Waals surface area (Å²) in [4.78, 5) is 13.3. The molecule has 1 N–H and O–H groups in total. The molecule has 1 aliphatic heterocycles. The molecule has 0 aromatic carbocycles. The van der Waals surface area contributed by atoms with Gasteiger partial charge in [0.05, 0.1) is 12.2 Å². The number of nitrogens with one attached hydrogen (secondary N) is 1. The predicted molar refractivity (Wildman–Crippen MR) is 93.4 cm³/mol. The maximum absolute atomic E-state index is 4.86. The van der Waals surface area contributed by atoms with Crippen molar-refractivity contribution in [3.05, 3.63) is 15.6 Å². The van der Waals surface area contributed by atoms with Gasteiger partial charge >= 0.3 is 0 Å². The minimum Gasteiger partial charge on any atom is -0.357 e. The van der Waals surface area contributed by atoms with Crippen LogP contribution in [-0.4, -0.2) is 35.5 Å². The number of fused-ring (bicyclic) bond motifs is 1. The average Bonchev–Trinajstić information content (AvgIpc) is 3.07. The highest BCUT2D eigenvalue weighted by atomic mass is 32.1.